The number of amidine groups is 1. The first-order valence-corrected chi connectivity index (χ1v) is 4.17. The van der Waals surface area contributed by atoms with Crippen LogP contribution in [-0.4, -0.2) is 16.3 Å². The predicted molar refractivity (Wildman–Crippen MR) is 48.0 cm³/mol. The third-order valence-electron chi connectivity index (χ3n) is 1.78. The molecule has 11 heavy (non-hydrogen) atoms. The van der Waals surface area contributed by atoms with Crippen molar-refractivity contribution in [2.75, 3.05) is 6.54 Å². The fraction of sp³-hybridized carbons (Fsp3) is 0.286. The van der Waals surface area contributed by atoms with Crippen molar-refractivity contribution in [3.8, 4) is 0 Å². The summed E-state index contributed by atoms with van der Waals surface area (Å²) in [6, 6.07) is 0. The van der Waals surface area contributed by atoms with Crippen LogP contribution >= 0.6 is 16.1 Å². The van der Waals surface area contributed by atoms with E-state index in [9.17, 15) is 0 Å². The summed E-state index contributed by atoms with van der Waals surface area (Å²) in [5, 5.41) is 0. The summed E-state index contributed by atoms with van der Waals surface area (Å²) in [4.78, 5) is 4.16. The molecule has 0 atom stereocenters. The van der Waals surface area contributed by atoms with Gasteiger partial charge in [-0.05, 0) is 6.42 Å². The number of nitrogens with zero attached hydrogens (tertiary/aromatic N) is 2. The molecule has 0 aromatic carbocycles. The largest absolute Gasteiger partial charge is 0.397 e. The summed E-state index contributed by atoms with van der Waals surface area (Å²) in [5.41, 5.74) is 7.51. The first-order valence-electron chi connectivity index (χ1n) is 3.46. The molecule has 0 radical (unpaired) electrons. The summed E-state index contributed by atoms with van der Waals surface area (Å²) in [6.07, 6.45) is 4.84. The molecule has 2 rings (SSSR count). The number of hydrogen-bond acceptors (Lipinski definition) is 3. The number of rotatable bonds is 0. The van der Waals surface area contributed by atoms with Crippen LogP contribution in [0.15, 0.2) is 28.5 Å². The molecule has 0 fully saturated rings. The van der Waals surface area contributed by atoms with Crippen LogP contribution in [-0.2, 0) is 0 Å². The molecule has 0 amide bonds. The number of halogens is 1. The Morgan fingerprint density at radius 3 is 3.18 bits per heavy atom. The van der Waals surface area contributed by atoms with Gasteiger partial charge in [0, 0.05) is 12.1 Å². The van der Waals surface area contributed by atoms with Crippen molar-refractivity contribution in [3.05, 3.63) is 23.5 Å². The molecule has 0 spiro atoms. The Labute approximate surface area is 73.6 Å². The molecule has 58 valence electrons. The highest BCUT2D eigenvalue weighted by Crippen LogP contribution is 2.24. The molecule has 0 unspecified atom stereocenters. The maximum Gasteiger partial charge on any atom is 0.147 e. The van der Waals surface area contributed by atoms with E-state index in [0.29, 0.717) is 0 Å². The van der Waals surface area contributed by atoms with Crippen LogP contribution in [0.4, 0.5) is 0 Å². The third-order valence-corrected chi connectivity index (χ3v) is 2.47. The highest BCUT2D eigenvalue weighted by molar-refractivity contribution is 9.07. The van der Waals surface area contributed by atoms with E-state index >= 15 is 0 Å². The number of fused-ring (bicyclic) bond motifs is 1. The van der Waals surface area contributed by atoms with E-state index in [4.69, 9.17) is 5.73 Å². The van der Waals surface area contributed by atoms with Gasteiger partial charge >= 0.3 is 0 Å². The molecular weight excluding hydrogens is 206 g/mol. The van der Waals surface area contributed by atoms with Gasteiger partial charge in [0.2, 0.25) is 0 Å². The first kappa shape index (κ1) is 6.91. The van der Waals surface area contributed by atoms with Crippen molar-refractivity contribution in [3.63, 3.8) is 0 Å². The maximum atomic E-state index is 5.68. The molecule has 0 bridgehead atoms. The molecular formula is C7H8BrN3. The van der Waals surface area contributed by atoms with Gasteiger partial charge in [-0.2, -0.15) is 0 Å². The van der Waals surface area contributed by atoms with Crippen LogP contribution in [0.1, 0.15) is 6.42 Å². The van der Waals surface area contributed by atoms with Gasteiger partial charge in [0.15, 0.2) is 0 Å². The summed E-state index contributed by atoms with van der Waals surface area (Å²) >= 11 is 3.40. The Morgan fingerprint density at radius 2 is 2.45 bits per heavy atom. The Bertz CT molecular complexity index is 277. The average molecular weight is 214 g/mol. The van der Waals surface area contributed by atoms with Gasteiger partial charge in [0.1, 0.15) is 5.84 Å². The lowest BCUT2D eigenvalue weighted by molar-refractivity contribution is 0.680. The standard InChI is InChI=1S/C7H8BrN3/c8-11-3-1-2-5-6(9)4-10-7(5)11/h2,4H,1,3,9H2. The van der Waals surface area contributed by atoms with Crippen LogP contribution in [0, 0.1) is 0 Å². The molecule has 0 aromatic heterocycles. The smallest absolute Gasteiger partial charge is 0.147 e. The fourth-order valence-electron chi connectivity index (χ4n) is 1.23. The molecule has 2 N–H and O–H groups in total. The normalized spacial score (nSPS) is 22.3. The van der Waals surface area contributed by atoms with Crippen molar-refractivity contribution in [2.45, 2.75) is 6.42 Å². The zero-order chi connectivity index (χ0) is 7.84. The fourth-order valence-corrected chi connectivity index (χ4v) is 1.72. The van der Waals surface area contributed by atoms with Gasteiger partial charge in [-0.1, -0.05) is 6.08 Å². The van der Waals surface area contributed by atoms with Crippen molar-refractivity contribution >= 4 is 22.0 Å². The van der Waals surface area contributed by atoms with Crippen LogP contribution in [0.3, 0.4) is 0 Å². The molecule has 3 nitrogen and oxygen atoms in total. The monoisotopic (exact) mass is 213 g/mol. The number of hydrogen-bond donors (Lipinski definition) is 1. The van der Waals surface area contributed by atoms with E-state index in [1.807, 2.05) is 3.93 Å². The maximum absolute atomic E-state index is 5.68. The van der Waals surface area contributed by atoms with Gasteiger partial charge in [0.05, 0.1) is 28.0 Å². The Hall–Kier alpha value is -0.770. The van der Waals surface area contributed by atoms with Crippen LogP contribution in [0.25, 0.3) is 0 Å². The Morgan fingerprint density at radius 1 is 1.64 bits per heavy atom. The molecule has 2 heterocycles. The van der Waals surface area contributed by atoms with E-state index in [-0.39, 0.29) is 0 Å². The summed E-state index contributed by atoms with van der Waals surface area (Å²) in [7, 11) is 0. The minimum absolute atomic E-state index is 0.768. The molecule has 0 aromatic rings. The second kappa shape index (κ2) is 2.37. The van der Waals surface area contributed by atoms with E-state index in [0.717, 1.165) is 30.1 Å². The van der Waals surface area contributed by atoms with Gasteiger partial charge in [-0.15, -0.1) is 0 Å². The zero-order valence-electron chi connectivity index (χ0n) is 5.92. The van der Waals surface area contributed by atoms with E-state index < -0.39 is 0 Å². The van der Waals surface area contributed by atoms with Gasteiger partial charge in [-0.3, -0.25) is 3.93 Å². The molecule has 2 aliphatic heterocycles. The van der Waals surface area contributed by atoms with Crippen molar-refractivity contribution in [1.82, 2.24) is 3.93 Å². The topological polar surface area (TPSA) is 41.6 Å². The molecule has 0 saturated carbocycles. The van der Waals surface area contributed by atoms with E-state index in [2.05, 4.69) is 27.2 Å². The van der Waals surface area contributed by atoms with E-state index in [1.165, 1.54) is 0 Å². The van der Waals surface area contributed by atoms with Crippen molar-refractivity contribution < 1.29 is 0 Å². The van der Waals surface area contributed by atoms with Crippen LogP contribution in [0.2, 0.25) is 0 Å². The minimum Gasteiger partial charge on any atom is -0.397 e. The Kier molecular flexibility index (Phi) is 1.49. The third kappa shape index (κ3) is 0.976. The Balaban J connectivity index is 2.39. The van der Waals surface area contributed by atoms with Crippen molar-refractivity contribution in [2.24, 2.45) is 10.7 Å². The second-order valence-corrected chi connectivity index (χ2v) is 3.39. The lowest BCUT2D eigenvalue weighted by atomic mass is 10.1. The minimum atomic E-state index is 0.768. The lowest BCUT2D eigenvalue weighted by Gasteiger charge is -2.21. The van der Waals surface area contributed by atoms with E-state index in [1.54, 1.807) is 6.20 Å². The van der Waals surface area contributed by atoms with Gasteiger partial charge in [0.25, 0.3) is 0 Å². The molecule has 0 aliphatic carbocycles. The number of nitrogens with two attached hydrogens (primary N) is 1. The second-order valence-electron chi connectivity index (χ2n) is 2.53. The highest BCUT2D eigenvalue weighted by Gasteiger charge is 2.22. The molecule has 0 saturated heterocycles. The average Bonchev–Trinajstić information content (AvgIpc) is 2.35. The zero-order valence-corrected chi connectivity index (χ0v) is 7.50. The van der Waals surface area contributed by atoms with Gasteiger partial charge < -0.3 is 5.73 Å². The predicted octanol–water partition coefficient (Wildman–Crippen LogP) is 1.14. The summed E-state index contributed by atoms with van der Waals surface area (Å²) in [5.74, 6) is 0.939. The van der Waals surface area contributed by atoms with Crippen molar-refractivity contribution in [1.29, 1.82) is 0 Å². The summed E-state index contributed by atoms with van der Waals surface area (Å²) in [6.45, 7) is 0.962. The molecule has 4 heteroatoms. The van der Waals surface area contributed by atoms with Gasteiger partial charge in [-0.25, -0.2) is 4.99 Å². The lowest BCUT2D eigenvalue weighted by Crippen LogP contribution is -2.27. The van der Waals surface area contributed by atoms with Crippen LogP contribution in [0.5, 0.6) is 0 Å². The first-order chi connectivity index (χ1) is 5.29. The number of aliphatic imine (C=N–C) groups is 1. The highest BCUT2D eigenvalue weighted by atomic mass is 79.9. The molecule has 2 aliphatic rings. The summed E-state index contributed by atoms with van der Waals surface area (Å²) < 4.78 is 1.94. The van der Waals surface area contributed by atoms with Crippen LogP contribution < -0.4 is 5.73 Å². The SMILES string of the molecule is NC1=CN=C2C1=CCCN2Br. The quantitative estimate of drug-likeness (QED) is 0.614.